The lowest BCUT2D eigenvalue weighted by molar-refractivity contribution is -0.159. The fourth-order valence-corrected chi connectivity index (χ4v) is 5.04. The normalized spacial score (nSPS) is 21.8. The van der Waals surface area contributed by atoms with Gasteiger partial charge in [-0.15, -0.1) is 0 Å². The predicted molar refractivity (Wildman–Crippen MR) is 141 cm³/mol. The fraction of sp³-hybridized carbons (Fsp3) is 0.533. The Labute approximate surface area is 219 Å². The van der Waals surface area contributed by atoms with E-state index in [1.807, 2.05) is 50.3 Å². The molecule has 2 aliphatic rings. The first-order valence-corrected chi connectivity index (χ1v) is 13.2. The standard InChI is InChI=1S/C30H39NO6/c1-21-26(31-27(36-21)23-9-6-5-7-10-23)16-18-35-24-14-12-22(13-15-24)19-30(3,28(32)33)37-25-11-8-17-29(2,20-25)34-4/h8,11-15,17,23H,5-7,9-10,16,18-20H2,1-4H3,(H,32,33). The number of carboxylic acid groups (broad SMARTS) is 1. The molecule has 1 saturated carbocycles. The van der Waals surface area contributed by atoms with Gasteiger partial charge in [-0.2, -0.15) is 0 Å². The van der Waals surface area contributed by atoms with Crippen LogP contribution < -0.4 is 4.74 Å². The first kappa shape index (κ1) is 27.0. The number of carbonyl (C=O) groups is 1. The van der Waals surface area contributed by atoms with Gasteiger partial charge >= 0.3 is 5.97 Å². The Balaban J connectivity index is 1.31. The second-order valence-electron chi connectivity index (χ2n) is 10.6. The third-order valence-electron chi connectivity index (χ3n) is 7.47. The molecule has 2 aliphatic carbocycles. The van der Waals surface area contributed by atoms with Gasteiger partial charge in [0.25, 0.3) is 0 Å². The third-order valence-corrected chi connectivity index (χ3v) is 7.47. The highest BCUT2D eigenvalue weighted by Crippen LogP contribution is 2.33. The molecule has 1 heterocycles. The van der Waals surface area contributed by atoms with Crippen molar-refractivity contribution in [2.24, 2.45) is 0 Å². The van der Waals surface area contributed by atoms with Gasteiger partial charge in [-0.1, -0.05) is 43.5 Å². The lowest BCUT2D eigenvalue weighted by atomic mass is 9.89. The van der Waals surface area contributed by atoms with Crippen molar-refractivity contribution in [3.63, 3.8) is 0 Å². The van der Waals surface area contributed by atoms with Crippen molar-refractivity contribution in [2.45, 2.75) is 89.3 Å². The largest absolute Gasteiger partial charge is 0.493 e. The molecule has 1 N–H and O–H groups in total. The fourth-order valence-electron chi connectivity index (χ4n) is 5.04. The van der Waals surface area contributed by atoms with Crippen LogP contribution in [0.15, 0.2) is 52.7 Å². The quantitative estimate of drug-likeness (QED) is 0.380. The molecule has 7 nitrogen and oxygen atoms in total. The van der Waals surface area contributed by atoms with E-state index in [-0.39, 0.29) is 6.42 Å². The molecule has 1 aromatic carbocycles. The van der Waals surface area contributed by atoms with E-state index in [2.05, 4.69) is 0 Å². The van der Waals surface area contributed by atoms with Crippen molar-refractivity contribution in [3.8, 4) is 5.75 Å². The van der Waals surface area contributed by atoms with E-state index in [0.717, 1.165) is 41.5 Å². The van der Waals surface area contributed by atoms with Gasteiger partial charge in [0, 0.05) is 32.3 Å². The molecular formula is C30H39NO6. The number of aryl methyl sites for hydroxylation is 1. The van der Waals surface area contributed by atoms with E-state index >= 15 is 0 Å². The highest BCUT2D eigenvalue weighted by atomic mass is 16.5. The molecule has 1 aromatic heterocycles. The molecule has 2 atom stereocenters. The summed E-state index contributed by atoms with van der Waals surface area (Å²) in [6, 6.07) is 7.50. The number of aliphatic carboxylic acids is 1. The van der Waals surface area contributed by atoms with Gasteiger partial charge in [0.15, 0.2) is 5.89 Å². The second-order valence-corrected chi connectivity index (χ2v) is 10.6. The Morgan fingerprint density at radius 2 is 1.95 bits per heavy atom. The van der Waals surface area contributed by atoms with Gasteiger partial charge in [-0.25, -0.2) is 9.78 Å². The highest BCUT2D eigenvalue weighted by molar-refractivity contribution is 5.77. The van der Waals surface area contributed by atoms with Crippen LogP contribution >= 0.6 is 0 Å². The molecule has 200 valence electrons. The van der Waals surface area contributed by atoms with Crippen LogP contribution in [0.25, 0.3) is 0 Å². The molecule has 37 heavy (non-hydrogen) atoms. The van der Waals surface area contributed by atoms with Crippen LogP contribution in [0.3, 0.4) is 0 Å². The monoisotopic (exact) mass is 509 g/mol. The van der Waals surface area contributed by atoms with Gasteiger partial charge in [-0.3, -0.25) is 0 Å². The molecule has 0 radical (unpaired) electrons. The van der Waals surface area contributed by atoms with Crippen LogP contribution in [0.2, 0.25) is 0 Å². The van der Waals surface area contributed by atoms with E-state index in [0.29, 0.717) is 31.1 Å². The number of hydrogen-bond donors (Lipinski definition) is 1. The number of carboxylic acids is 1. The molecule has 1 fully saturated rings. The molecule has 2 unspecified atom stereocenters. The maximum absolute atomic E-state index is 12.2. The third kappa shape index (κ3) is 6.83. The Morgan fingerprint density at radius 1 is 1.22 bits per heavy atom. The lowest BCUT2D eigenvalue weighted by Gasteiger charge is -2.33. The Hall–Kier alpha value is -3.06. The summed E-state index contributed by atoms with van der Waals surface area (Å²) >= 11 is 0. The molecule has 0 amide bonds. The zero-order chi connectivity index (χ0) is 26.5. The maximum atomic E-state index is 12.2. The second kappa shape index (κ2) is 11.5. The summed E-state index contributed by atoms with van der Waals surface area (Å²) in [5.74, 6) is 2.51. The SMILES string of the molecule is COC1(C)C=CC=C(OC(C)(Cc2ccc(OCCc3nc(C4CCCCC4)oc3C)cc2)C(=O)O)C1. The zero-order valence-electron chi connectivity index (χ0n) is 22.4. The number of aromatic nitrogens is 1. The number of methoxy groups -OCH3 is 1. The topological polar surface area (TPSA) is 91.0 Å². The number of rotatable bonds is 11. The minimum atomic E-state index is -1.41. The van der Waals surface area contributed by atoms with E-state index in [1.165, 1.54) is 19.3 Å². The summed E-state index contributed by atoms with van der Waals surface area (Å²) in [4.78, 5) is 16.9. The van der Waals surface area contributed by atoms with Crippen molar-refractivity contribution < 1.29 is 28.5 Å². The number of nitrogens with zero attached hydrogens (tertiary/aromatic N) is 1. The summed E-state index contributed by atoms with van der Waals surface area (Å²) < 4.78 is 23.5. The Morgan fingerprint density at radius 3 is 2.62 bits per heavy atom. The molecule has 0 bridgehead atoms. The van der Waals surface area contributed by atoms with Crippen LogP contribution in [0, 0.1) is 6.92 Å². The Kier molecular flexibility index (Phi) is 8.42. The Bertz CT molecular complexity index is 1130. The van der Waals surface area contributed by atoms with E-state index in [1.54, 1.807) is 20.1 Å². The average molecular weight is 510 g/mol. The molecule has 0 spiro atoms. The van der Waals surface area contributed by atoms with Crippen LogP contribution in [-0.4, -0.2) is 41.0 Å². The minimum Gasteiger partial charge on any atom is -0.493 e. The van der Waals surface area contributed by atoms with Crippen molar-refractivity contribution in [1.29, 1.82) is 0 Å². The van der Waals surface area contributed by atoms with Gasteiger partial charge in [0.2, 0.25) is 5.60 Å². The number of hydrogen-bond acceptors (Lipinski definition) is 6. The highest BCUT2D eigenvalue weighted by Gasteiger charge is 2.38. The van der Waals surface area contributed by atoms with Crippen molar-refractivity contribution in [3.05, 3.63) is 71.2 Å². The predicted octanol–water partition coefficient (Wildman–Crippen LogP) is 6.30. The van der Waals surface area contributed by atoms with Gasteiger partial charge in [0.1, 0.15) is 17.3 Å². The van der Waals surface area contributed by atoms with Crippen molar-refractivity contribution in [2.75, 3.05) is 13.7 Å². The first-order valence-electron chi connectivity index (χ1n) is 13.2. The van der Waals surface area contributed by atoms with Crippen LogP contribution in [0.5, 0.6) is 5.75 Å². The van der Waals surface area contributed by atoms with Crippen molar-refractivity contribution in [1.82, 2.24) is 4.98 Å². The summed E-state index contributed by atoms with van der Waals surface area (Å²) in [5, 5.41) is 9.96. The smallest absolute Gasteiger partial charge is 0.348 e. The number of oxazole rings is 1. The number of allylic oxidation sites excluding steroid dienone is 2. The molecular weight excluding hydrogens is 470 g/mol. The van der Waals surface area contributed by atoms with E-state index < -0.39 is 17.2 Å². The molecule has 0 saturated heterocycles. The summed E-state index contributed by atoms with van der Waals surface area (Å²) in [6.07, 6.45) is 13.1. The maximum Gasteiger partial charge on any atom is 0.348 e. The summed E-state index contributed by atoms with van der Waals surface area (Å²) in [5.41, 5.74) is -0.106. The lowest BCUT2D eigenvalue weighted by Crippen LogP contribution is -2.41. The van der Waals surface area contributed by atoms with Gasteiger partial charge in [0.05, 0.1) is 17.9 Å². The molecule has 4 rings (SSSR count). The summed E-state index contributed by atoms with van der Waals surface area (Å²) in [6.45, 7) is 6.01. The van der Waals surface area contributed by atoms with Crippen LogP contribution in [0.1, 0.15) is 81.2 Å². The molecule has 2 aromatic rings. The number of benzene rings is 1. The van der Waals surface area contributed by atoms with Crippen LogP contribution in [0.4, 0.5) is 0 Å². The first-order chi connectivity index (χ1) is 17.7. The molecule has 7 heteroatoms. The van der Waals surface area contributed by atoms with E-state index in [4.69, 9.17) is 23.6 Å². The molecule has 0 aliphatic heterocycles. The van der Waals surface area contributed by atoms with E-state index in [9.17, 15) is 9.90 Å². The number of ether oxygens (including phenoxy) is 3. The van der Waals surface area contributed by atoms with Gasteiger partial charge in [-0.05, 0) is 57.4 Å². The van der Waals surface area contributed by atoms with Crippen molar-refractivity contribution >= 4 is 5.97 Å². The summed E-state index contributed by atoms with van der Waals surface area (Å²) in [7, 11) is 1.63. The average Bonchev–Trinajstić information content (AvgIpc) is 3.26. The van der Waals surface area contributed by atoms with Gasteiger partial charge < -0.3 is 23.7 Å². The van der Waals surface area contributed by atoms with Crippen LogP contribution in [-0.2, 0) is 27.1 Å². The minimum absolute atomic E-state index is 0.218. The zero-order valence-corrected chi connectivity index (χ0v) is 22.4.